The number of allylic oxidation sites excluding steroid dienone is 1. The average Bonchev–Trinajstić information content (AvgIpc) is 2.34. The highest BCUT2D eigenvalue weighted by Gasteiger charge is 2.21. The van der Waals surface area contributed by atoms with E-state index in [4.69, 9.17) is 0 Å². The lowest BCUT2D eigenvalue weighted by Crippen LogP contribution is -2.36. The smallest absolute Gasteiger partial charge is 0.0329 e. The minimum Gasteiger partial charge on any atom is -0.374 e. The minimum absolute atomic E-state index is 0.597. The van der Waals surface area contributed by atoms with Gasteiger partial charge >= 0.3 is 0 Å². The minimum atomic E-state index is 0.597. The van der Waals surface area contributed by atoms with Gasteiger partial charge in [-0.25, -0.2) is 0 Å². The quantitative estimate of drug-likeness (QED) is 0.688. The zero-order valence-corrected chi connectivity index (χ0v) is 8.43. The molecule has 2 nitrogen and oxygen atoms in total. The molecule has 0 radical (unpaired) electrons. The fraction of sp³-hybridized carbons (Fsp3) is 0.800. The van der Waals surface area contributed by atoms with Crippen molar-refractivity contribution in [2.24, 2.45) is 0 Å². The summed E-state index contributed by atoms with van der Waals surface area (Å²) in [5, 5.41) is 3.54. The Morgan fingerprint density at radius 1 is 1.58 bits per heavy atom. The summed E-state index contributed by atoms with van der Waals surface area (Å²) in [6, 6.07) is 1.27. The van der Waals surface area contributed by atoms with Crippen LogP contribution in [0.15, 0.2) is 12.3 Å². The fourth-order valence-electron chi connectivity index (χ4n) is 1.71. The van der Waals surface area contributed by atoms with Gasteiger partial charge in [-0.2, -0.15) is 0 Å². The molecular weight excluding hydrogens is 148 g/mol. The van der Waals surface area contributed by atoms with Crippen molar-refractivity contribution in [3.63, 3.8) is 0 Å². The van der Waals surface area contributed by atoms with Gasteiger partial charge in [0.25, 0.3) is 0 Å². The van der Waals surface area contributed by atoms with Gasteiger partial charge in [0.05, 0.1) is 0 Å². The van der Waals surface area contributed by atoms with E-state index in [-0.39, 0.29) is 0 Å². The van der Waals surface area contributed by atoms with E-state index in [0.717, 1.165) is 6.54 Å². The van der Waals surface area contributed by atoms with Crippen LogP contribution in [0, 0.1) is 0 Å². The Morgan fingerprint density at radius 3 is 2.67 bits per heavy atom. The predicted molar refractivity (Wildman–Crippen MR) is 53.1 cm³/mol. The second kappa shape index (κ2) is 3.94. The summed E-state index contributed by atoms with van der Waals surface area (Å²) in [5.41, 5.74) is 1.20. The Hall–Kier alpha value is -0.500. The molecule has 0 bridgehead atoms. The summed E-state index contributed by atoms with van der Waals surface area (Å²) < 4.78 is 0. The van der Waals surface area contributed by atoms with Crippen LogP contribution in [0.25, 0.3) is 0 Å². The second-order valence-electron chi connectivity index (χ2n) is 3.99. The number of nitrogens with zero attached hydrogens (tertiary/aromatic N) is 1. The lowest BCUT2D eigenvalue weighted by atomic mass is 10.2. The average molecular weight is 168 g/mol. The largest absolute Gasteiger partial charge is 0.374 e. The van der Waals surface area contributed by atoms with Gasteiger partial charge < -0.3 is 10.2 Å². The van der Waals surface area contributed by atoms with Gasteiger partial charge in [-0.3, -0.25) is 0 Å². The molecule has 1 aliphatic rings. The standard InChI is InChI=1S/C10H20N2/c1-8(2)11-10-5-6-12(7-10)9(3)4/h8,10-11H,3,5-7H2,1-2,4H3. The van der Waals surface area contributed by atoms with Crippen LogP contribution in [-0.2, 0) is 0 Å². The highest BCUT2D eigenvalue weighted by Crippen LogP contribution is 2.13. The molecule has 1 unspecified atom stereocenters. The SMILES string of the molecule is C=C(C)N1CCC(NC(C)C)C1. The molecule has 0 aromatic rings. The first-order valence-electron chi connectivity index (χ1n) is 4.76. The van der Waals surface area contributed by atoms with Crippen molar-refractivity contribution in [1.82, 2.24) is 10.2 Å². The van der Waals surface area contributed by atoms with Gasteiger partial charge in [-0.1, -0.05) is 20.4 Å². The van der Waals surface area contributed by atoms with E-state index in [9.17, 15) is 0 Å². The summed E-state index contributed by atoms with van der Waals surface area (Å²) in [4.78, 5) is 2.35. The molecular formula is C10H20N2. The molecule has 2 heteroatoms. The molecule has 1 atom stereocenters. The number of hydrogen-bond acceptors (Lipinski definition) is 2. The molecule has 1 saturated heterocycles. The maximum absolute atomic E-state index is 3.95. The maximum Gasteiger partial charge on any atom is 0.0329 e. The first-order valence-corrected chi connectivity index (χ1v) is 4.76. The number of nitrogens with one attached hydrogen (secondary N) is 1. The van der Waals surface area contributed by atoms with Crippen LogP contribution in [0.2, 0.25) is 0 Å². The van der Waals surface area contributed by atoms with Crippen molar-refractivity contribution in [2.45, 2.75) is 39.3 Å². The third-order valence-corrected chi connectivity index (χ3v) is 2.30. The van der Waals surface area contributed by atoms with Crippen molar-refractivity contribution in [1.29, 1.82) is 0 Å². The first kappa shape index (κ1) is 9.59. The van der Waals surface area contributed by atoms with Crippen LogP contribution in [0.1, 0.15) is 27.2 Å². The third kappa shape index (κ3) is 2.52. The van der Waals surface area contributed by atoms with Gasteiger partial charge in [0.2, 0.25) is 0 Å². The zero-order valence-electron chi connectivity index (χ0n) is 8.43. The van der Waals surface area contributed by atoms with Crippen LogP contribution in [0.5, 0.6) is 0 Å². The topological polar surface area (TPSA) is 15.3 Å². The van der Waals surface area contributed by atoms with Gasteiger partial charge in [0.1, 0.15) is 0 Å². The fourth-order valence-corrected chi connectivity index (χ4v) is 1.71. The summed E-state index contributed by atoms with van der Waals surface area (Å²) in [7, 11) is 0. The molecule has 0 amide bonds. The van der Waals surface area contributed by atoms with Gasteiger partial charge in [-0.05, 0) is 13.3 Å². The van der Waals surface area contributed by atoms with Crippen LogP contribution < -0.4 is 5.32 Å². The molecule has 0 aliphatic carbocycles. The molecule has 12 heavy (non-hydrogen) atoms. The van der Waals surface area contributed by atoms with Crippen LogP contribution >= 0.6 is 0 Å². The van der Waals surface area contributed by atoms with E-state index < -0.39 is 0 Å². The molecule has 0 aromatic heterocycles. The number of hydrogen-bond donors (Lipinski definition) is 1. The molecule has 1 rings (SSSR count). The monoisotopic (exact) mass is 168 g/mol. The van der Waals surface area contributed by atoms with Crippen molar-refractivity contribution >= 4 is 0 Å². The lowest BCUT2D eigenvalue weighted by Gasteiger charge is -2.19. The molecule has 0 aromatic carbocycles. The van der Waals surface area contributed by atoms with E-state index >= 15 is 0 Å². The Morgan fingerprint density at radius 2 is 2.25 bits per heavy atom. The van der Waals surface area contributed by atoms with E-state index in [2.05, 4.69) is 37.6 Å². The summed E-state index contributed by atoms with van der Waals surface area (Å²) in [6.07, 6.45) is 1.26. The Bertz CT molecular complexity index is 163. The zero-order chi connectivity index (χ0) is 9.14. The van der Waals surface area contributed by atoms with Gasteiger partial charge in [0, 0.05) is 30.9 Å². The normalized spacial score (nSPS) is 23.7. The number of likely N-dealkylation sites (tertiary alicyclic amines) is 1. The van der Waals surface area contributed by atoms with Gasteiger partial charge in [-0.15, -0.1) is 0 Å². The van der Waals surface area contributed by atoms with E-state index in [1.54, 1.807) is 0 Å². The highest BCUT2D eigenvalue weighted by atomic mass is 15.2. The molecule has 1 heterocycles. The molecule has 1 fully saturated rings. The Labute approximate surface area is 75.6 Å². The third-order valence-electron chi connectivity index (χ3n) is 2.30. The van der Waals surface area contributed by atoms with E-state index in [0.29, 0.717) is 12.1 Å². The van der Waals surface area contributed by atoms with Crippen molar-refractivity contribution < 1.29 is 0 Å². The van der Waals surface area contributed by atoms with E-state index in [1.807, 2.05) is 0 Å². The predicted octanol–water partition coefficient (Wildman–Crippen LogP) is 1.59. The maximum atomic E-state index is 3.95. The summed E-state index contributed by atoms with van der Waals surface area (Å²) in [5.74, 6) is 0. The summed E-state index contributed by atoms with van der Waals surface area (Å²) in [6.45, 7) is 12.7. The highest BCUT2D eigenvalue weighted by molar-refractivity contribution is 4.95. The molecule has 0 saturated carbocycles. The van der Waals surface area contributed by atoms with Gasteiger partial charge in [0.15, 0.2) is 0 Å². The Balaban J connectivity index is 2.30. The lowest BCUT2D eigenvalue weighted by molar-refractivity contribution is 0.399. The first-order chi connectivity index (χ1) is 5.59. The van der Waals surface area contributed by atoms with Crippen molar-refractivity contribution in [3.8, 4) is 0 Å². The number of rotatable bonds is 3. The Kier molecular flexibility index (Phi) is 3.15. The molecule has 70 valence electrons. The van der Waals surface area contributed by atoms with Crippen molar-refractivity contribution in [2.75, 3.05) is 13.1 Å². The molecule has 1 aliphatic heterocycles. The van der Waals surface area contributed by atoms with E-state index in [1.165, 1.54) is 18.7 Å². The molecule has 1 N–H and O–H groups in total. The summed E-state index contributed by atoms with van der Waals surface area (Å²) >= 11 is 0. The second-order valence-corrected chi connectivity index (χ2v) is 3.99. The molecule has 0 spiro atoms. The van der Waals surface area contributed by atoms with Crippen LogP contribution in [-0.4, -0.2) is 30.1 Å². The van der Waals surface area contributed by atoms with Crippen LogP contribution in [0.4, 0.5) is 0 Å². The van der Waals surface area contributed by atoms with Crippen molar-refractivity contribution in [3.05, 3.63) is 12.3 Å². The van der Waals surface area contributed by atoms with Crippen LogP contribution in [0.3, 0.4) is 0 Å².